The lowest BCUT2D eigenvalue weighted by molar-refractivity contribution is 1.17. The lowest BCUT2D eigenvalue weighted by Gasteiger charge is -2.44. The van der Waals surface area contributed by atoms with E-state index >= 15 is 0 Å². The van der Waals surface area contributed by atoms with Crippen LogP contribution in [0.15, 0.2) is 237 Å². The second-order valence-corrected chi connectivity index (χ2v) is 17.2. The Hall–Kier alpha value is -8.85. The van der Waals surface area contributed by atoms with Crippen LogP contribution in [-0.2, 0) is 0 Å². The van der Waals surface area contributed by atoms with Gasteiger partial charge in [0.15, 0.2) is 0 Å². The molecular formula is C61H39BN4. The summed E-state index contributed by atoms with van der Waals surface area (Å²) in [6.07, 6.45) is 0. The maximum atomic E-state index is 10.2. The lowest BCUT2D eigenvalue weighted by Crippen LogP contribution is -2.61. The van der Waals surface area contributed by atoms with E-state index < -0.39 is 0 Å². The third-order valence-electron chi connectivity index (χ3n) is 13.6. The van der Waals surface area contributed by atoms with Crippen molar-refractivity contribution in [3.8, 4) is 45.1 Å². The highest BCUT2D eigenvalue weighted by Crippen LogP contribution is 2.48. The van der Waals surface area contributed by atoms with Crippen molar-refractivity contribution in [2.45, 2.75) is 0 Å². The van der Waals surface area contributed by atoms with Gasteiger partial charge in [-0.25, -0.2) is 0 Å². The highest BCUT2D eigenvalue weighted by Gasteiger charge is 2.43. The van der Waals surface area contributed by atoms with Crippen molar-refractivity contribution >= 4 is 79.0 Å². The van der Waals surface area contributed by atoms with Crippen LogP contribution in [0.4, 0.5) is 34.1 Å². The molecule has 0 N–H and O–H groups in total. The van der Waals surface area contributed by atoms with E-state index in [9.17, 15) is 5.26 Å². The van der Waals surface area contributed by atoms with Crippen LogP contribution < -0.4 is 26.2 Å². The van der Waals surface area contributed by atoms with Crippen LogP contribution in [0.3, 0.4) is 0 Å². The second kappa shape index (κ2) is 15.2. The minimum Gasteiger partial charge on any atom is -0.311 e. The molecule has 11 aromatic rings. The normalized spacial score (nSPS) is 12.4. The Morgan fingerprint density at radius 3 is 1.55 bits per heavy atom. The highest BCUT2D eigenvalue weighted by atomic mass is 15.2. The van der Waals surface area contributed by atoms with Crippen LogP contribution in [-0.4, -0.2) is 11.3 Å². The Balaban J connectivity index is 1.11. The molecule has 0 spiro atoms. The zero-order chi connectivity index (χ0) is 43.7. The van der Waals surface area contributed by atoms with Crippen LogP contribution in [0.25, 0.3) is 60.9 Å². The molecule has 306 valence electrons. The summed E-state index contributed by atoms with van der Waals surface area (Å²) < 4.78 is 2.43. The fraction of sp³-hybridized carbons (Fsp3) is 0. The van der Waals surface area contributed by atoms with Gasteiger partial charge in [0.25, 0.3) is 6.71 Å². The highest BCUT2D eigenvalue weighted by molar-refractivity contribution is 7.00. The van der Waals surface area contributed by atoms with Gasteiger partial charge in [-0.2, -0.15) is 5.26 Å². The van der Waals surface area contributed by atoms with Gasteiger partial charge in [-0.3, -0.25) is 0 Å². The molecule has 0 radical (unpaired) electrons. The molecule has 0 saturated carbocycles. The van der Waals surface area contributed by atoms with Crippen LogP contribution in [0.2, 0.25) is 0 Å². The predicted molar refractivity (Wildman–Crippen MR) is 276 cm³/mol. The fourth-order valence-electron chi connectivity index (χ4n) is 10.7. The van der Waals surface area contributed by atoms with Crippen molar-refractivity contribution in [1.29, 1.82) is 5.26 Å². The number of fused-ring (bicyclic) bond motifs is 7. The molecule has 1 aromatic heterocycles. The number of rotatable bonds is 6. The van der Waals surface area contributed by atoms with Crippen molar-refractivity contribution in [2.75, 3.05) is 9.80 Å². The fourth-order valence-corrected chi connectivity index (χ4v) is 10.7. The van der Waals surface area contributed by atoms with E-state index in [4.69, 9.17) is 0 Å². The number of para-hydroxylation sites is 3. The van der Waals surface area contributed by atoms with E-state index in [0.29, 0.717) is 5.56 Å². The first-order valence-corrected chi connectivity index (χ1v) is 22.5. The first kappa shape index (κ1) is 37.7. The number of aromatic nitrogens is 1. The van der Waals surface area contributed by atoms with Gasteiger partial charge in [-0.05, 0) is 123 Å². The first-order chi connectivity index (χ1) is 32.7. The summed E-state index contributed by atoms with van der Waals surface area (Å²) in [5.74, 6) is 0. The van der Waals surface area contributed by atoms with E-state index in [1.165, 1.54) is 38.2 Å². The van der Waals surface area contributed by atoms with Crippen molar-refractivity contribution in [1.82, 2.24) is 4.57 Å². The molecule has 0 bridgehead atoms. The molecule has 2 aliphatic heterocycles. The number of nitrogens with zero attached hydrogens (tertiary/aromatic N) is 4. The number of hydrogen-bond acceptors (Lipinski definition) is 3. The van der Waals surface area contributed by atoms with Crippen LogP contribution in [0, 0.1) is 11.3 Å². The van der Waals surface area contributed by atoms with E-state index in [2.05, 4.69) is 239 Å². The van der Waals surface area contributed by atoms with Gasteiger partial charge < -0.3 is 14.4 Å². The quantitative estimate of drug-likeness (QED) is 0.157. The monoisotopic (exact) mass is 838 g/mol. The van der Waals surface area contributed by atoms with Crippen LogP contribution >= 0.6 is 0 Å². The zero-order valence-corrected chi connectivity index (χ0v) is 35.9. The van der Waals surface area contributed by atoms with Gasteiger partial charge >= 0.3 is 0 Å². The van der Waals surface area contributed by atoms with E-state index in [1.54, 1.807) is 0 Å². The summed E-state index contributed by atoms with van der Waals surface area (Å²) >= 11 is 0. The Morgan fingerprint density at radius 1 is 0.348 bits per heavy atom. The van der Waals surface area contributed by atoms with E-state index in [1.807, 2.05) is 18.2 Å². The molecule has 0 amide bonds. The minimum absolute atomic E-state index is 0.0634. The van der Waals surface area contributed by atoms with Gasteiger partial charge in [0, 0.05) is 50.5 Å². The molecular weight excluding hydrogens is 800 g/mol. The second-order valence-electron chi connectivity index (χ2n) is 17.2. The Kier molecular flexibility index (Phi) is 8.66. The van der Waals surface area contributed by atoms with E-state index in [-0.39, 0.29) is 6.71 Å². The molecule has 2 aliphatic rings. The average Bonchev–Trinajstić information content (AvgIpc) is 3.73. The topological polar surface area (TPSA) is 35.2 Å². The Morgan fingerprint density at radius 2 is 0.894 bits per heavy atom. The molecule has 0 aliphatic carbocycles. The van der Waals surface area contributed by atoms with Gasteiger partial charge in [-0.15, -0.1) is 0 Å². The third kappa shape index (κ3) is 5.86. The van der Waals surface area contributed by atoms with Crippen LogP contribution in [0.1, 0.15) is 5.56 Å². The van der Waals surface area contributed by atoms with Crippen molar-refractivity contribution in [3.63, 3.8) is 0 Å². The summed E-state index contributed by atoms with van der Waals surface area (Å²) in [6.45, 7) is -0.0634. The molecule has 10 aromatic carbocycles. The van der Waals surface area contributed by atoms with Crippen LogP contribution in [0.5, 0.6) is 0 Å². The molecule has 66 heavy (non-hydrogen) atoms. The summed E-state index contributed by atoms with van der Waals surface area (Å²) in [6, 6.07) is 87.8. The zero-order valence-electron chi connectivity index (χ0n) is 35.9. The number of hydrogen-bond donors (Lipinski definition) is 0. The Bertz CT molecular complexity index is 3630. The molecule has 4 nitrogen and oxygen atoms in total. The Labute approximate surface area is 384 Å². The van der Waals surface area contributed by atoms with Gasteiger partial charge in [0.1, 0.15) is 0 Å². The number of nitriles is 1. The van der Waals surface area contributed by atoms with E-state index in [0.717, 1.165) is 73.2 Å². The molecule has 13 rings (SSSR count). The van der Waals surface area contributed by atoms with Crippen molar-refractivity contribution in [3.05, 3.63) is 242 Å². The summed E-state index contributed by atoms with van der Waals surface area (Å²) in [5, 5.41) is 12.6. The summed E-state index contributed by atoms with van der Waals surface area (Å²) in [5.41, 5.74) is 21.1. The lowest BCUT2D eigenvalue weighted by atomic mass is 9.33. The smallest absolute Gasteiger partial charge is 0.252 e. The molecule has 5 heteroatoms. The maximum absolute atomic E-state index is 10.2. The SMILES string of the molecule is N#Cc1ccc(N2c3ccccc3B3c4ccc(-n5c6ccccc6c6ccccc65)cc4N(c4cc(-c5ccccc5)cc(-c5ccccc5)c4)c4cccc2c43)c(-c2ccccc2)c1. The largest absolute Gasteiger partial charge is 0.311 e. The maximum Gasteiger partial charge on any atom is 0.252 e. The van der Waals surface area contributed by atoms with Gasteiger partial charge in [-0.1, -0.05) is 158 Å². The summed E-state index contributed by atoms with van der Waals surface area (Å²) in [4.78, 5) is 4.95. The summed E-state index contributed by atoms with van der Waals surface area (Å²) in [7, 11) is 0. The minimum atomic E-state index is -0.0634. The van der Waals surface area contributed by atoms with Crippen molar-refractivity contribution in [2.24, 2.45) is 0 Å². The van der Waals surface area contributed by atoms with Gasteiger partial charge in [0.05, 0.1) is 28.4 Å². The average molecular weight is 839 g/mol. The standard InChI is InChI=1S/C61H39BN4/c63-40-41-31-34-56(51(35-41)44-21-8-3-9-22-44)66-57-28-15-12-25-52(57)62-53-33-32-47(64-54-26-13-10-23-49(54)50-24-11-14-27-55(50)64)39-60(53)65(58-29-16-30-59(66)61(58)62)48-37-45(42-17-4-1-5-18-42)36-46(38-48)43-19-6-2-7-20-43/h1-39H. The van der Waals surface area contributed by atoms with Gasteiger partial charge in [0.2, 0.25) is 0 Å². The predicted octanol–water partition coefficient (Wildman–Crippen LogP) is 13.7. The third-order valence-corrected chi connectivity index (χ3v) is 13.6. The molecule has 3 heterocycles. The number of benzene rings is 10. The van der Waals surface area contributed by atoms with Crippen molar-refractivity contribution < 1.29 is 0 Å². The first-order valence-electron chi connectivity index (χ1n) is 22.5. The number of anilines is 6. The molecule has 0 fully saturated rings. The molecule has 0 atom stereocenters. The molecule has 0 unspecified atom stereocenters. The molecule has 0 saturated heterocycles.